The molecule has 38 heavy (non-hydrogen) atoms. The molecule has 0 aromatic heterocycles. The van der Waals surface area contributed by atoms with Crippen LogP contribution in [0, 0.1) is 26.7 Å². The molecule has 0 aliphatic carbocycles. The monoisotopic (exact) mass is 523 g/mol. The van der Waals surface area contributed by atoms with Gasteiger partial charge in [0.15, 0.2) is 0 Å². The van der Waals surface area contributed by atoms with Crippen LogP contribution in [0.15, 0.2) is 42.5 Å². The zero-order chi connectivity index (χ0) is 29.0. The molecule has 0 bridgehead atoms. The van der Waals surface area contributed by atoms with Crippen molar-refractivity contribution < 1.29 is 19.1 Å². The summed E-state index contributed by atoms with van der Waals surface area (Å²) in [6.07, 6.45) is -0.675. The van der Waals surface area contributed by atoms with Gasteiger partial charge in [-0.15, -0.1) is 0 Å². The number of hydrogen-bond acceptors (Lipinski definition) is 4. The molecule has 2 aromatic carbocycles. The lowest BCUT2D eigenvalue weighted by atomic mass is 9.90. The fourth-order valence-corrected chi connectivity index (χ4v) is 4.39. The number of nitrogens with zero attached hydrogens (tertiary/aromatic N) is 1. The highest BCUT2D eigenvalue weighted by Gasteiger charge is 2.43. The molecule has 0 spiro atoms. The Kier molecular flexibility index (Phi) is 9.76. The van der Waals surface area contributed by atoms with Crippen LogP contribution in [0.3, 0.4) is 0 Å². The number of nitrogens with one attached hydrogen (secondary N) is 2. The number of aryl methyl sites for hydroxylation is 3. The largest absolute Gasteiger partial charge is 0.444 e. The number of rotatable bonds is 7. The van der Waals surface area contributed by atoms with E-state index in [1.54, 1.807) is 25.7 Å². The Labute approximate surface area is 228 Å². The van der Waals surface area contributed by atoms with Crippen LogP contribution < -0.4 is 10.6 Å². The van der Waals surface area contributed by atoms with Gasteiger partial charge in [0.1, 0.15) is 17.7 Å². The number of carbonyl (C=O) groups is 3. The van der Waals surface area contributed by atoms with Gasteiger partial charge in [-0.05, 0) is 91.0 Å². The third-order valence-corrected chi connectivity index (χ3v) is 6.19. The molecule has 2 aromatic rings. The number of amides is 3. The first kappa shape index (κ1) is 30.9. The summed E-state index contributed by atoms with van der Waals surface area (Å²) in [5, 5.41) is 5.82. The van der Waals surface area contributed by atoms with Gasteiger partial charge >= 0.3 is 6.09 Å². The first-order valence-electron chi connectivity index (χ1n) is 13.2. The number of alkyl carbamates (subject to hydrolysis) is 1. The molecular formula is C31H45N3O4. The van der Waals surface area contributed by atoms with Crippen molar-refractivity contribution in [3.63, 3.8) is 0 Å². The highest BCUT2D eigenvalue weighted by atomic mass is 16.6. The number of para-hydroxylation sites is 1. The SMILES string of the molecule is Cc1ccc(C(C(=O)Nc2ccccc2C)N(C(=O)C(NC(=O)OC(C)(C)C)C(C)C)C(C)(C)C)c(C)c1. The van der Waals surface area contributed by atoms with E-state index >= 15 is 0 Å². The maximum atomic E-state index is 14.3. The molecule has 3 amide bonds. The smallest absolute Gasteiger partial charge is 0.408 e. The van der Waals surface area contributed by atoms with E-state index in [0.29, 0.717) is 5.69 Å². The maximum Gasteiger partial charge on any atom is 0.408 e. The van der Waals surface area contributed by atoms with Crippen LogP contribution in [0.1, 0.15) is 83.7 Å². The van der Waals surface area contributed by atoms with Gasteiger partial charge in [0, 0.05) is 11.2 Å². The minimum atomic E-state index is -0.940. The second-order valence-electron chi connectivity index (χ2n) is 12.3. The Hall–Kier alpha value is -3.35. The van der Waals surface area contributed by atoms with Crippen molar-refractivity contribution in [1.29, 1.82) is 0 Å². The van der Waals surface area contributed by atoms with Gasteiger partial charge in [-0.1, -0.05) is 55.8 Å². The van der Waals surface area contributed by atoms with Gasteiger partial charge in [0.2, 0.25) is 5.91 Å². The first-order valence-corrected chi connectivity index (χ1v) is 13.2. The maximum absolute atomic E-state index is 14.3. The summed E-state index contributed by atoms with van der Waals surface area (Å²) in [5.74, 6) is -0.934. The average Bonchev–Trinajstić information content (AvgIpc) is 2.75. The van der Waals surface area contributed by atoms with Gasteiger partial charge < -0.3 is 20.3 Å². The standard InChI is InChI=1S/C31H45N3O4/c1-19(2)25(33-29(37)38-31(9,10)11)28(36)34(30(6,7)8)26(23-17-16-20(3)18-22(23)5)27(35)32-24-15-13-12-14-21(24)4/h12-19,25-26H,1-11H3,(H,32,35)(H,33,37). The van der Waals surface area contributed by atoms with Gasteiger partial charge in [0.25, 0.3) is 5.91 Å². The summed E-state index contributed by atoms with van der Waals surface area (Å²) in [6.45, 7) is 20.6. The van der Waals surface area contributed by atoms with Crippen LogP contribution in [0.4, 0.5) is 10.5 Å². The minimum absolute atomic E-state index is 0.251. The molecular weight excluding hydrogens is 478 g/mol. The van der Waals surface area contributed by atoms with Crippen LogP contribution >= 0.6 is 0 Å². The lowest BCUT2D eigenvalue weighted by molar-refractivity contribution is -0.147. The van der Waals surface area contributed by atoms with Gasteiger partial charge in [-0.2, -0.15) is 0 Å². The molecule has 7 heteroatoms. The quantitative estimate of drug-likeness (QED) is 0.435. The van der Waals surface area contributed by atoms with Crippen molar-refractivity contribution in [3.05, 3.63) is 64.7 Å². The Morgan fingerprint density at radius 2 is 1.47 bits per heavy atom. The van der Waals surface area contributed by atoms with Crippen LogP contribution in [0.5, 0.6) is 0 Å². The summed E-state index contributed by atoms with van der Waals surface area (Å²) in [7, 11) is 0. The lowest BCUT2D eigenvalue weighted by Crippen LogP contribution is -2.59. The van der Waals surface area contributed by atoms with Crippen molar-refractivity contribution in [2.24, 2.45) is 5.92 Å². The van der Waals surface area contributed by atoms with E-state index in [-0.39, 0.29) is 17.7 Å². The first-order chi connectivity index (χ1) is 17.4. The summed E-state index contributed by atoms with van der Waals surface area (Å²) in [5.41, 5.74) is 2.81. The fourth-order valence-electron chi connectivity index (χ4n) is 4.39. The Balaban J connectivity index is 2.64. The summed E-state index contributed by atoms with van der Waals surface area (Å²) >= 11 is 0. The van der Waals surface area contributed by atoms with E-state index in [4.69, 9.17) is 4.74 Å². The molecule has 0 saturated heterocycles. The molecule has 0 heterocycles. The van der Waals surface area contributed by atoms with Crippen LogP contribution in [-0.4, -0.2) is 40.0 Å². The molecule has 2 N–H and O–H groups in total. The number of benzene rings is 2. The molecule has 2 rings (SSSR count). The van der Waals surface area contributed by atoms with E-state index in [1.165, 1.54) is 0 Å². The van der Waals surface area contributed by atoms with Crippen molar-refractivity contribution in [1.82, 2.24) is 10.2 Å². The molecule has 0 aliphatic rings. The minimum Gasteiger partial charge on any atom is -0.444 e. The summed E-state index contributed by atoms with van der Waals surface area (Å²) in [6, 6.07) is 11.6. The lowest BCUT2D eigenvalue weighted by Gasteiger charge is -2.44. The second kappa shape index (κ2) is 12.0. The Bertz CT molecular complexity index is 1160. The van der Waals surface area contributed by atoms with Crippen molar-refractivity contribution >= 4 is 23.6 Å². The molecule has 0 saturated carbocycles. The molecule has 0 aliphatic heterocycles. The average molecular weight is 524 g/mol. The molecule has 2 unspecified atom stereocenters. The summed E-state index contributed by atoms with van der Waals surface area (Å²) in [4.78, 5) is 42.7. The van der Waals surface area contributed by atoms with Crippen LogP contribution in [0.25, 0.3) is 0 Å². The van der Waals surface area contributed by atoms with E-state index in [2.05, 4.69) is 10.6 Å². The fraction of sp³-hybridized carbons (Fsp3) is 0.516. The normalized spacial score (nSPS) is 13.5. The number of ether oxygens (including phenoxy) is 1. The topological polar surface area (TPSA) is 87.7 Å². The predicted octanol–water partition coefficient (Wildman–Crippen LogP) is 6.47. The second-order valence-corrected chi connectivity index (χ2v) is 12.3. The van der Waals surface area contributed by atoms with Gasteiger partial charge in [-0.3, -0.25) is 9.59 Å². The van der Waals surface area contributed by atoms with E-state index < -0.39 is 29.3 Å². The molecule has 0 radical (unpaired) electrons. The Morgan fingerprint density at radius 3 is 1.97 bits per heavy atom. The molecule has 7 nitrogen and oxygen atoms in total. The number of hydrogen-bond donors (Lipinski definition) is 2. The zero-order valence-electron chi connectivity index (χ0n) is 24.9. The van der Waals surface area contributed by atoms with Crippen molar-refractivity contribution in [3.8, 4) is 0 Å². The van der Waals surface area contributed by atoms with Gasteiger partial charge in [0.05, 0.1) is 0 Å². The van der Waals surface area contributed by atoms with Crippen LogP contribution in [-0.2, 0) is 14.3 Å². The van der Waals surface area contributed by atoms with Crippen molar-refractivity contribution in [2.75, 3.05) is 5.32 Å². The molecule has 0 fully saturated rings. The molecule has 208 valence electrons. The Morgan fingerprint density at radius 1 is 0.868 bits per heavy atom. The molecule has 2 atom stereocenters. The third kappa shape index (κ3) is 8.07. The van der Waals surface area contributed by atoms with E-state index in [1.807, 2.05) is 97.9 Å². The van der Waals surface area contributed by atoms with E-state index in [9.17, 15) is 14.4 Å². The zero-order valence-corrected chi connectivity index (χ0v) is 24.9. The highest BCUT2D eigenvalue weighted by molar-refractivity contribution is 6.00. The van der Waals surface area contributed by atoms with E-state index in [0.717, 1.165) is 22.3 Å². The summed E-state index contributed by atoms with van der Waals surface area (Å²) < 4.78 is 5.45. The third-order valence-electron chi connectivity index (χ3n) is 6.19. The highest BCUT2D eigenvalue weighted by Crippen LogP contribution is 2.34. The number of anilines is 1. The predicted molar refractivity (Wildman–Crippen MR) is 153 cm³/mol. The van der Waals surface area contributed by atoms with Gasteiger partial charge in [-0.25, -0.2) is 4.79 Å². The number of carbonyl (C=O) groups excluding carboxylic acids is 3. The van der Waals surface area contributed by atoms with Crippen molar-refractivity contribution in [2.45, 2.75) is 99.4 Å². The van der Waals surface area contributed by atoms with Crippen LogP contribution in [0.2, 0.25) is 0 Å².